The highest BCUT2D eigenvalue weighted by atomic mass is 16.5. The van der Waals surface area contributed by atoms with Gasteiger partial charge in [0.05, 0.1) is 37.1 Å². The number of hydrogen-bond donors (Lipinski definition) is 1. The first kappa shape index (κ1) is 20.0. The second-order valence-corrected chi connectivity index (χ2v) is 7.62. The third-order valence-corrected chi connectivity index (χ3v) is 5.43. The molecule has 2 heterocycles. The maximum Gasteiger partial charge on any atom is 0.225 e. The molecule has 1 amide bonds. The van der Waals surface area contributed by atoms with Crippen LogP contribution in [0.4, 0.5) is 0 Å². The van der Waals surface area contributed by atoms with Crippen LogP contribution in [0.2, 0.25) is 0 Å². The highest BCUT2D eigenvalue weighted by Crippen LogP contribution is 2.32. The third-order valence-electron chi connectivity index (χ3n) is 5.43. The molecule has 1 atom stereocenters. The molecule has 1 aliphatic rings. The monoisotopic (exact) mass is 405 g/mol. The summed E-state index contributed by atoms with van der Waals surface area (Å²) < 4.78 is 13.3. The number of hydrogen-bond acceptors (Lipinski definition) is 4. The molecule has 2 aromatic carbocycles. The van der Waals surface area contributed by atoms with Gasteiger partial charge in [-0.25, -0.2) is 4.68 Å². The number of nitrogens with one attached hydrogen (secondary N) is 1. The van der Waals surface area contributed by atoms with E-state index in [1.807, 2.05) is 74.0 Å². The lowest BCUT2D eigenvalue weighted by Gasteiger charge is -2.16. The lowest BCUT2D eigenvalue weighted by Crippen LogP contribution is -2.28. The molecule has 30 heavy (non-hydrogen) atoms. The van der Waals surface area contributed by atoms with E-state index in [4.69, 9.17) is 9.47 Å². The van der Waals surface area contributed by atoms with Gasteiger partial charge in [-0.1, -0.05) is 24.3 Å². The van der Waals surface area contributed by atoms with Crippen LogP contribution in [0.5, 0.6) is 11.5 Å². The van der Waals surface area contributed by atoms with Crippen LogP contribution in [-0.4, -0.2) is 28.9 Å². The molecular formula is C24H27N3O3. The van der Waals surface area contributed by atoms with Crippen molar-refractivity contribution in [2.75, 3.05) is 13.2 Å². The van der Waals surface area contributed by atoms with Crippen molar-refractivity contribution in [3.63, 3.8) is 0 Å². The van der Waals surface area contributed by atoms with Crippen molar-refractivity contribution >= 4 is 5.91 Å². The van der Waals surface area contributed by atoms with E-state index in [-0.39, 0.29) is 11.9 Å². The third kappa shape index (κ3) is 4.17. The molecule has 4 rings (SSSR count). The summed E-state index contributed by atoms with van der Waals surface area (Å²) in [5.41, 5.74) is 4.79. The lowest BCUT2D eigenvalue weighted by molar-refractivity contribution is -0.121. The first-order valence-electron chi connectivity index (χ1n) is 10.3. The predicted octanol–water partition coefficient (Wildman–Crippen LogP) is 4.07. The quantitative estimate of drug-likeness (QED) is 0.695. The Labute approximate surface area is 176 Å². The van der Waals surface area contributed by atoms with Gasteiger partial charge in [0.2, 0.25) is 5.91 Å². The molecule has 1 unspecified atom stereocenters. The lowest BCUT2D eigenvalue weighted by atomic mass is 10.1. The summed E-state index contributed by atoms with van der Waals surface area (Å²) in [7, 11) is 0. The standard InChI is InChI=1S/C24H27N3O3/c1-16(19-10-11-22-23(14-19)30-13-7-12-29-22)25-24(28)15-21-17(2)26-27(18(21)3)20-8-5-4-6-9-20/h4-6,8-11,14,16H,7,12-13,15H2,1-3H3,(H,25,28). The molecule has 0 spiro atoms. The van der Waals surface area contributed by atoms with Crippen LogP contribution < -0.4 is 14.8 Å². The van der Waals surface area contributed by atoms with Gasteiger partial charge in [-0.3, -0.25) is 4.79 Å². The summed E-state index contributed by atoms with van der Waals surface area (Å²) in [4.78, 5) is 12.8. The number of rotatable bonds is 5. The number of fused-ring (bicyclic) bond motifs is 1. The number of benzene rings is 2. The fourth-order valence-electron chi connectivity index (χ4n) is 3.74. The number of para-hydroxylation sites is 1. The molecule has 0 radical (unpaired) electrons. The fourth-order valence-corrected chi connectivity index (χ4v) is 3.74. The number of aromatic nitrogens is 2. The van der Waals surface area contributed by atoms with Crippen LogP contribution in [0.15, 0.2) is 48.5 Å². The van der Waals surface area contributed by atoms with Gasteiger partial charge >= 0.3 is 0 Å². The van der Waals surface area contributed by atoms with Crippen LogP contribution in [0.25, 0.3) is 5.69 Å². The molecule has 6 heteroatoms. The zero-order valence-electron chi connectivity index (χ0n) is 17.6. The van der Waals surface area contributed by atoms with Gasteiger partial charge < -0.3 is 14.8 Å². The maximum atomic E-state index is 12.8. The summed E-state index contributed by atoms with van der Waals surface area (Å²) in [5.74, 6) is 1.46. The van der Waals surface area contributed by atoms with Crippen LogP contribution >= 0.6 is 0 Å². The molecule has 0 fully saturated rings. The van der Waals surface area contributed by atoms with Gasteiger partial charge in [-0.15, -0.1) is 0 Å². The molecule has 1 aromatic heterocycles. The summed E-state index contributed by atoms with van der Waals surface area (Å²) in [5, 5.41) is 7.73. The average Bonchev–Trinajstić information content (AvgIpc) is 2.92. The average molecular weight is 405 g/mol. The maximum absolute atomic E-state index is 12.8. The van der Waals surface area contributed by atoms with E-state index < -0.39 is 0 Å². The van der Waals surface area contributed by atoms with Crippen molar-refractivity contribution in [1.29, 1.82) is 0 Å². The first-order chi connectivity index (χ1) is 14.5. The van der Waals surface area contributed by atoms with Crippen molar-refractivity contribution in [2.24, 2.45) is 0 Å². The van der Waals surface area contributed by atoms with Crippen molar-refractivity contribution in [2.45, 2.75) is 39.7 Å². The molecule has 0 saturated carbocycles. The zero-order valence-corrected chi connectivity index (χ0v) is 17.6. The Morgan fingerprint density at radius 3 is 2.60 bits per heavy atom. The summed E-state index contributed by atoms with van der Waals surface area (Å²) in [6.45, 7) is 7.23. The Morgan fingerprint density at radius 1 is 1.10 bits per heavy atom. The van der Waals surface area contributed by atoms with Crippen LogP contribution in [-0.2, 0) is 11.2 Å². The molecule has 3 aromatic rings. The largest absolute Gasteiger partial charge is 0.490 e. The second-order valence-electron chi connectivity index (χ2n) is 7.62. The molecule has 6 nitrogen and oxygen atoms in total. The normalized spacial score (nSPS) is 14.1. The highest BCUT2D eigenvalue weighted by Gasteiger charge is 2.19. The summed E-state index contributed by atoms with van der Waals surface area (Å²) in [6.07, 6.45) is 1.16. The molecule has 156 valence electrons. The smallest absolute Gasteiger partial charge is 0.225 e. The van der Waals surface area contributed by atoms with E-state index in [1.54, 1.807) is 0 Å². The van der Waals surface area contributed by atoms with Gasteiger partial charge in [0.25, 0.3) is 0 Å². The minimum atomic E-state index is -0.139. The second kappa shape index (κ2) is 8.61. The first-order valence-corrected chi connectivity index (χ1v) is 10.3. The number of ether oxygens (including phenoxy) is 2. The summed E-state index contributed by atoms with van der Waals surface area (Å²) in [6, 6.07) is 15.7. The Kier molecular flexibility index (Phi) is 5.74. The molecule has 1 aliphatic heterocycles. The number of aryl methyl sites for hydroxylation is 1. The molecular weight excluding hydrogens is 378 g/mol. The minimum absolute atomic E-state index is 0.0339. The number of nitrogens with zero attached hydrogens (tertiary/aromatic N) is 2. The van der Waals surface area contributed by atoms with Crippen LogP contribution in [0.3, 0.4) is 0 Å². The minimum Gasteiger partial charge on any atom is -0.490 e. The van der Waals surface area contributed by atoms with Crippen molar-refractivity contribution in [1.82, 2.24) is 15.1 Å². The number of amides is 1. The van der Waals surface area contributed by atoms with E-state index >= 15 is 0 Å². The van der Waals surface area contributed by atoms with Gasteiger partial charge in [-0.2, -0.15) is 5.10 Å². The van der Waals surface area contributed by atoms with E-state index in [0.29, 0.717) is 19.6 Å². The van der Waals surface area contributed by atoms with Crippen LogP contribution in [0, 0.1) is 13.8 Å². The van der Waals surface area contributed by atoms with Gasteiger partial charge in [-0.05, 0) is 50.6 Å². The van der Waals surface area contributed by atoms with E-state index in [2.05, 4.69) is 10.4 Å². The van der Waals surface area contributed by atoms with Gasteiger partial charge in [0.1, 0.15) is 0 Å². The van der Waals surface area contributed by atoms with Crippen molar-refractivity contribution < 1.29 is 14.3 Å². The molecule has 1 N–H and O–H groups in total. The van der Waals surface area contributed by atoms with Gasteiger partial charge in [0, 0.05) is 17.7 Å². The Hall–Kier alpha value is -3.28. The SMILES string of the molecule is Cc1nn(-c2ccccc2)c(C)c1CC(=O)NC(C)c1ccc2c(c1)OCCCO2. The number of carbonyl (C=O) groups excluding carboxylic acids is 1. The van der Waals surface area contributed by atoms with Gasteiger partial charge in [0.15, 0.2) is 11.5 Å². The topological polar surface area (TPSA) is 65.4 Å². The molecule has 0 saturated heterocycles. The van der Waals surface area contributed by atoms with Crippen LogP contribution in [0.1, 0.15) is 41.9 Å². The predicted molar refractivity (Wildman–Crippen MR) is 115 cm³/mol. The Bertz CT molecular complexity index is 1040. The molecule has 0 aliphatic carbocycles. The highest BCUT2D eigenvalue weighted by molar-refractivity contribution is 5.79. The van der Waals surface area contributed by atoms with E-state index in [1.165, 1.54) is 0 Å². The Balaban J connectivity index is 1.46. The van der Waals surface area contributed by atoms with Crippen molar-refractivity contribution in [3.05, 3.63) is 71.0 Å². The summed E-state index contributed by atoms with van der Waals surface area (Å²) >= 11 is 0. The van der Waals surface area contributed by atoms with Crippen molar-refractivity contribution in [3.8, 4) is 17.2 Å². The Morgan fingerprint density at radius 2 is 1.83 bits per heavy atom. The van der Waals surface area contributed by atoms with E-state index in [9.17, 15) is 4.79 Å². The molecule has 0 bridgehead atoms. The fraction of sp³-hybridized carbons (Fsp3) is 0.333. The number of carbonyl (C=O) groups is 1. The zero-order chi connectivity index (χ0) is 21.1. The van der Waals surface area contributed by atoms with E-state index in [0.717, 1.165) is 46.1 Å².